The zero-order chi connectivity index (χ0) is 14.8. The van der Waals surface area contributed by atoms with Gasteiger partial charge in [0.2, 0.25) is 5.91 Å². The number of imide groups is 1. The summed E-state index contributed by atoms with van der Waals surface area (Å²) in [6.07, 6.45) is 1.72. The van der Waals surface area contributed by atoms with E-state index in [-0.39, 0.29) is 17.9 Å². The second kappa shape index (κ2) is 5.56. The van der Waals surface area contributed by atoms with Crippen LogP contribution in [0.2, 0.25) is 0 Å². The molecule has 1 unspecified atom stereocenters. The van der Waals surface area contributed by atoms with Gasteiger partial charge in [0.1, 0.15) is 0 Å². The monoisotopic (exact) mass is 282 g/mol. The number of amides is 3. The number of nitrogens with zero attached hydrogens (tertiary/aromatic N) is 1. The number of hydrogen-bond donors (Lipinski definition) is 1. The van der Waals surface area contributed by atoms with E-state index in [1.807, 2.05) is 49.4 Å². The number of nitrogens with one attached hydrogen (secondary N) is 1. The van der Waals surface area contributed by atoms with Crippen LogP contribution in [0.15, 0.2) is 42.5 Å². The Balaban J connectivity index is 2.07. The minimum absolute atomic E-state index is 0.100. The van der Waals surface area contributed by atoms with Crippen molar-refractivity contribution in [2.75, 3.05) is 11.4 Å². The lowest BCUT2D eigenvalue weighted by Crippen LogP contribution is -2.55. The normalized spacial score (nSPS) is 18.9. The summed E-state index contributed by atoms with van der Waals surface area (Å²) in [7, 11) is 0. The molecule has 0 saturated carbocycles. The molecule has 1 heterocycles. The summed E-state index contributed by atoms with van der Waals surface area (Å²) < 4.78 is 0. The molecular weight excluding hydrogens is 264 g/mol. The summed E-state index contributed by atoms with van der Waals surface area (Å²) in [5.41, 5.74) is 0.663. The van der Waals surface area contributed by atoms with E-state index >= 15 is 0 Å². The Morgan fingerprint density at radius 1 is 1.14 bits per heavy atom. The van der Waals surface area contributed by atoms with Gasteiger partial charge in [0.15, 0.2) is 0 Å². The average Bonchev–Trinajstić information content (AvgIpc) is 2.51. The van der Waals surface area contributed by atoms with Crippen LogP contribution in [-0.2, 0) is 4.79 Å². The summed E-state index contributed by atoms with van der Waals surface area (Å²) >= 11 is 0. The third-order valence-corrected chi connectivity index (χ3v) is 3.92. The van der Waals surface area contributed by atoms with E-state index in [2.05, 4.69) is 5.32 Å². The van der Waals surface area contributed by atoms with E-state index < -0.39 is 0 Å². The zero-order valence-corrected chi connectivity index (χ0v) is 12.0. The quantitative estimate of drug-likeness (QED) is 0.939. The first-order chi connectivity index (χ1) is 10.2. The zero-order valence-electron chi connectivity index (χ0n) is 12.0. The summed E-state index contributed by atoms with van der Waals surface area (Å²) in [5.74, 6) is -0.233. The van der Waals surface area contributed by atoms with Crippen molar-refractivity contribution < 1.29 is 9.59 Å². The van der Waals surface area contributed by atoms with Crippen molar-refractivity contribution in [3.63, 3.8) is 0 Å². The Kier molecular flexibility index (Phi) is 3.60. The molecule has 1 atom stereocenters. The first-order valence-corrected chi connectivity index (χ1v) is 7.32. The highest BCUT2D eigenvalue weighted by atomic mass is 16.2. The minimum Gasteiger partial charge on any atom is -0.337 e. The van der Waals surface area contributed by atoms with Crippen LogP contribution < -0.4 is 10.2 Å². The molecule has 3 rings (SSSR count). The molecule has 1 aliphatic rings. The van der Waals surface area contributed by atoms with Crippen LogP contribution in [0.3, 0.4) is 0 Å². The highest BCUT2D eigenvalue weighted by Gasteiger charge is 2.35. The van der Waals surface area contributed by atoms with Gasteiger partial charge >= 0.3 is 6.03 Å². The van der Waals surface area contributed by atoms with Gasteiger partial charge in [0.05, 0.1) is 11.6 Å². The van der Waals surface area contributed by atoms with E-state index in [9.17, 15) is 9.59 Å². The first kappa shape index (κ1) is 13.6. The predicted octanol–water partition coefficient (Wildman–Crippen LogP) is 3.31. The van der Waals surface area contributed by atoms with Crippen LogP contribution in [0, 0.1) is 5.92 Å². The molecule has 0 aromatic heterocycles. The maximum absolute atomic E-state index is 12.6. The van der Waals surface area contributed by atoms with Crippen LogP contribution in [0.4, 0.5) is 10.5 Å². The van der Waals surface area contributed by atoms with Gasteiger partial charge in [0, 0.05) is 11.9 Å². The van der Waals surface area contributed by atoms with Gasteiger partial charge in [-0.25, -0.2) is 9.69 Å². The molecule has 0 spiro atoms. The third kappa shape index (κ3) is 2.37. The molecule has 2 aromatic rings. The summed E-state index contributed by atoms with van der Waals surface area (Å²) in [6.45, 7) is 2.48. The number of fused-ring (bicyclic) bond motifs is 1. The molecule has 1 aliphatic heterocycles. The summed E-state index contributed by atoms with van der Waals surface area (Å²) in [5, 5.41) is 4.77. The Bertz CT molecular complexity index is 691. The van der Waals surface area contributed by atoms with Crippen molar-refractivity contribution in [1.82, 2.24) is 5.32 Å². The van der Waals surface area contributed by atoms with Gasteiger partial charge in [-0.05, 0) is 17.9 Å². The number of hydrogen-bond acceptors (Lipinski definition) is 2. The molecule has 0 aliphatic carbocycles. The Labute approximate surface area is 123 Å². The molecule has 0 radical (unpaired) electrons. The second-order valence-corrected chi connectivity index (χ2v) is 5.34. The minimum atomic E-state index is -0.330. The molecule has 4 heteroatoms. The largest absolute Gasteiger partial charge is 0.337 e. The fourth-order valence-corrected chi connectivity index (χ4v) is 2.86. The number of carbonyl (C=O) groups excluding carboxylic acids is 2. The molecule has 0 bridgehead atoms. The maximum Gasteiger partial charge on any atom is 0.328 e. The van der Waals surface area contributed by atoms with Gasteiger partial charge in [-0.3, -0.25) is 4.79 Å². The van der Waals surface area contributed by atoms with E-state index in [1.165, 1.54) is 4.90 Å². The highest BCUT2D eigenvalue weighted by molar-refractivity contribution is 6.20. The Morgan fingerprint density at radius 2 is 1.90 bits per heavy atom. The summed E-state index contributed by atoms with van der Waals surface area (Å²) in [6, 6.07) is 13.1. The standard InChI is InChI=1S/C17H18N2O2/c1-2-6-13-11-18-17(21)19(16(13)20)15-10-5-8-12-7-3-4-9-14(12)15/h3-5,7-10,13H,2,6,11H2,1H3,(H,18,21). The molecule has 108 valence electrons. The first-order valence-electron chi connectivity index (χ1n) is 7.32. The second-order valence-electron chi connectivity index (χ2n) is 5.34. The van der Waals surface area contributed by atoms with E-state index in [0.717, 1.165) is 23.6 Å². The van der Waals surface area contributed by atoms with Crippen LogP contribution in [-0.4, -0.2) is 18.5 Å². The topological polar surface area (TPSA) is 49.4 Å². The Hall–Kier alpha value is -2.36. The fourth-order valence-electron chi connectivity index (χ4n) is 2.86. The third-order valence-electron chi connectivity index (χ3n) is 3.92. The molecule has 1 saturated heterocycles. The maximum atomic E-state index is 12.6. The van der Waals surface area contributed by atoms with Crippen molar-refractivity contribution >= 4 is 28.4 Å². The van der Waals surface area contributed by atoms with Crippen molar-refractivity contribution in [1.29, 1.82) is 0 Å². The lowest BCUT2D eigenvalue weighted by Gasteiger charge is -2.31. The van der Waals surface area contributed by atoms with Gasteiger partial charge in [-0.2, -0.15) is 0 Å². The van der Waals surface area contributed by atoms with Crippen molar-refractivity contribution in [2.45, 2.75) is 19.8 Å². The van der Waals surface area contributed by atoms with E-state index in [1.54, 1.807) is 0 Å². The average molecular weight is 282 g/mol. The molecule has 1 fully saturated rings. The van der Waals surface area contributed by atoms with Crippen molar-refractivity contribution in [2.24, 2.45) is 5.92 Å². The molecule has 21 heavy (non-hydrogen) atoms. The number of carbonyl (C=O) groups is 2. The van der Waals surface area contributed by atoms with Gasteiger partial charge in [-0.1, -0.05) is 49.7 Å². The van der Waals surface area contributed by atoms with Crippen LogP contribution in [0.25, 0.3) is 10.8 Å². The van der Waals surface area contributed by atoms with Gasteiger partial charge < -0.3 is 5.32 Å². The van der Waals surface area contributed by atoms with Gasteiger partial charge in [0.25, 0.3) is 0 Å². The smallest absolute Gasteiger partial charge is 0.328 e. The predicted molar refractivity (Wildman–Crippen MR) is 83.2 cm³/mol. The molecule has 3 amide bonds. The Morgan fingerprint density at radius 3 is 2.71 bits per heavy atom. The summed E-state index contributed by atoms with van der Waals surface area (Å²) in [4.78, 5) is 26.1. The highest BCUT2D eigenvalue weighted by Crippen LogP contribution is 2.29. The molecule has 1 N–H and O–H groups in total. The fraction of sp³-hybridized carbons (Fsp3) is 0.294. The van der Waals surface area contributed by atoms with E-state index in [0.29, 0.717) is 12.2 Å². The van der Waals surface area contributed by atoms with Crippen molar-refractivity contribution in [3.05, 3.63) is 42.5 Å². The lowest BCUT2D eigenvalue weighted by atomic mass is 9.99. The van der Waals surface area contributed by atoms with E-state index in [4.69, 9.17) is 0 Å². The van der Waals surface area contributed by atoms with Gasteiger partial charge in [-0.15, -0.1) is 0 Å². The molecule has 2 aromatic carbocycles. The van der Waals surface area contributed by atoms with Crippen molar-refractivity contribution in [3.8, 4) is 0 Å². The lowest BCUT2D eigenvalue weighted by molar-refractivity contribution is -0.122. The van der Waals surface area contributed by atoms with Crippen LogP contribution in [0.5, 0.6) is 0 Å². The number of urea groups is 1. The van der Waals surface area contributed by atoms with Crippen LogP contribution in [0.1, 0.15) is 19.8 Å². The molecular formula is C17H18N2O2. The number of anilines is 1. The number of benzene rings is 2. The SMILES string of the molecule is CCCC1CNC(=O)N(c2cccc3ccccc23)C1=O. The molecule has 4 nitrogen and oxygen atoms in total. The number of rotatable bonds is 3. The van der Waals surface area contributed by atoms with Crippen LogP contribution >= 0.6 is 0 Å².